The van der Waals surface area contributed by atoms with Gasteiger partial charge in [-0.3, -0.25) is 10.1 Å². The molecule has 0 fully saturated rings. The van der Waals surface area contributed by atoms with Gasteiger partial charge in [-0.25, -0.2) is 0 Å². The SMILES string of the molecule is O=[N+]([O-])c1ccccc1CC(Br)c1csc2ccccc12. The van der Waals surface area contributed by atoms with E-state index in [1.165, 1.54) is 15.6 Å². The fourth-order valence-corrected chi connectivity index (χ4v) is 4.32. The molecule has 3 nitrogen and oxygen atoms in total. The van der Waals surface area contributed by atoms with E-state index in [0.29, 0.717) is 6.42 Å². The van der Waals surface area contributed by atoms with E-state index in [0.717, 1.165) is 5.56 Å². The zero-order chi connectivity index (χ0) is 14.8. The number of rotatable bonds is 4. The number of hydrogen-bond acceptors (Lipinski definition) is 3. The molecule has 3 aromatic rings. The number of alkyl halides is 1. The number of nitrogens with zero attached hydrogens (tertiary/aromatic N) is 1. The Labute approximate surface area is 134 Å². The highest BCUT2D eigenvalue weighted by molar-refractivity contribution is 9.09. The van der Waals surface area contributed by atoms with Crippen LogP contribution in [-0.2, 0) is 6.42 Å². The van der Waals surface area contributed by atoms with E-state index in [2.05, 4.69) is 33.4 Å². The molecule has 21 heavy (non-hydrogen) atoms. The second-order valence-electron chi connectivity index (χ2n) is 4.74. The summed E-state index contributed by atoms with van der Waals surface area (Å²) in [6.07, 6.45) is 0.595. The number of thiophene rings is 1. The number of para-hydroxylation sites is 1. The summed E-state index contributed by atoms with van der Waals surface area (Å²) >= 11 is 5.39. The molecule has 0 aliphatic carbocycles. The molecule has 5 heteroatoms. The van der Waals surface area contributed by atoms with Crippen molar-refractivity contribution in [2.24, 2.45) is 0 Å². The molecule has 0 N–H and O–H groups in total. The maximum atomic E-state index is 11.1. The van der Waals surface area contributed by atoms with E-state index in [1.54, 1.807) is 23.5 Å². The van der Waals surface area contributed by atoms with Gasteiger partial charge in [0.1, 0.15) is 0 Å². The molecule has 0 aliphatic rings. The van der Waals surface area contributed by atoms with E-state index < -0.39 is 0 Å². The van der Waals surface area contributed by atoms with Crippen molar-refractivity contribution in [3.63, 3.8) is 0 Å². The van der Waals surface area contributed by atoms with Gasteiger partial charge in [-0.2, -0.15) is 0 Å². The summed E-state index contributed by atoms with van der Waals surface area (Å²) < 4.78 is 1.24. The smallest absolute Gasteiger partial charge is 0.258 e. The van der Waals surface area contributed by atoms with Crippen LogP contribution in [0, 0.1) is 10.1 Å². The third-order valence-electron chi connectivity index (χ3n) is 3.44. The van der Waals surface area contributed by atoms with Crippen molar-refractivity contribution in [3.05, 3.63) is 75.2 Å². The molecular formula is C16H12BrNO2S. The lowest BCUT2D eigenvalue weighted by molar-refractivity contribution is -0.385. The Bertz CT molecular complexity index is 800. The number of halogens is 1. The third-order valence-corrected chi connectivity index (χ3v) is 5.23. The second-order valence-corrected chi connectivity index (χ2v) is 6.76. The molecule has 1 atom stereocenters. The van der Waals surface area contributed by atoms with Crippen LogP contribution in [-0.4, -0.2) is 4.92 Å². The highest BCUT2D eigenvalue weighted by Gasteiger charge is 2.19. The quantitative estimate of drug-likeness (QED) is 0.350. The van der Waals surface area contributed by atoms with Gasteiger partial charge < -0.3 is 0 Å². The number of nitro groups is 1. The molecule has 1 heterocycles. The molecule has 0 spiro atoms. The summed E-state index contributed by atoms with van der Waals surface area (Å²) in [5.74, 6) is 0. The van der Waals surface area contributed by atoms with Crippen LogP contribution in [0.2, 0.25) is 0 Å². The van der Waals surface area contributed by atoms with E-state index in [4.69, 9.17) is 0 Å². The fraction of sp³-hybridized carbons (Fsp3) is 0.125. The lowest BCUT2D eigenvalue weighted by atomic mass is 10.0. The van der Waals surface area contributed by atoms with Gasteiger partial charge in [0.25, 0.3) is 5.69 Å². The van der Waals surface area contributed by atoms with E-state index in [9.17, 15) is 10.1 Å². The van der Waals surface area contributed by atoms with E-state index in [1.807, 2.05) is 24.3 Å². The number of fused-ring (bicyclic) bond motifs is 1. The van der Waals surface area contributed by atoms with Crippen molar-refractivity contribution in [2.45, 2.75) is 11.2 Å². The zero-order valence-electron chi connectivity index (χ0n) is 11.0. The number of benzene rings is 2. The molecule has 0 amide bonds. The Morgan fingerprint density at radius 3 is 2.67 bits per heavy atom. The first-order valence-electron chi connectivity index (χ1n) is 6.49. The summed E-state index contributed by atoms with van der Waals surface area (Å²) in [4.78, 5) is 10.8. The Kier molecular flexibility index (Phi) is 4.03. The van der Waals surface area contributed by atoms with Crippen LogP contribution in [0.5, 0.6) is 0 Å². The minimum absolute atomic E-state index is 0.0646. The Morgan fingerprint density at radius 1 is 1.14 bits per heavy atom. The van der Waals surface area contributed by atoms with Gasteiger partial charge in [0, 0.05) is 21.2 Å². The van der Waals surface area contributed by atoms with Crippen LogP contribution < -0.4 is 0 Å². The van der Waals surface area contributed by atoms with Crippen molar-refractivity contribution in [1.82, 2.24) is 0 Å². The van der Waals surface area contributed by atoms with Gasteiger partial charge >= 0.3 is 0 Å². The molecule has 0 aliphatic heterocycles. The highest BCUT2D eigenvalue weighted by atomic mass is 79.9. The fourth-order valence-electron chi connectivity index (χ4n) is 2.41. The van der Waals surface area contributed by atoms with Crippen LogP contribution in [0.15, 0.2) is 53.9 Å². The molecule has 1 unspecified atom stereocenters. The van der Waals surface area contributed by atoms with Gasteiger partial charge in [0.2, 0.25) is 0 Å². The molecule has 2 aromatic carbocycles. The number of hydrogen-bond donors (Lipinski definition) is 0. The molecule has 0 radical (unpaired) electrons. The van der Waals surface area contributed by atoms with Crippen molar-refractivity contribution >= 4 is 43.0 Å². The normalized spacial score (nSPS) is 12.4. The topological polar surface area (TPSA) is 43.1 Å². The molecule has 0 bridgehead atoms. The Balaban J connectivity index is 1.93. The summed E-state index contributed by atoms with van der Waals surface area (Å²) in [5, 5.41) is 14.4. The summed E-state index contributed by atoms with van der Waals surface area (Å²) in [6.45, 7) is 0. The van der Waals surface area contributed by atoms with E-state index >= 15 is 0 Å². The number of nitro benzene ring substituents is 1. The average molecular weight is 362 g/mol. The van der Waals surface area contributed by atoms with Gasteiger partial charge in [0.15, 0.2) is 0 Å². The molecule has 1 aromatic heterocycles. The molecule has 0 saturated heterocycles. The van der Waals surface area contributed by atoms with Crippen LogP contribution in [0.25, 0.3) is 10.1 Å². The predicted molar refractivity (Wildman–Crippen MR) is 90.3 cm³/mol. The van der Waals surface area contributed by atoms with Crippen molar-refractivity contribution in [2.75, 3.05) is 0 Å². The Hall–Kier alpha value is -1.72. The van der Waals surface area contributed by atoms with Crippen LogP contribution in [0.4, 0.5) is 5.69 Å². The first kappa shape index (κ1) is 14.2. The van der Waals surface area contributed by atoms with Crippen LogP contribution in [0.1, 0.15) is 16.0 Å². The molecule has 0 saturated carbocycles. The van der Waals surface area contributed by atoms with Crippen LogP contribution in [0.3, 0.4) is 0 Å². The standard InChI is InChI=1S/C16H12BrNO2S/c17-14(9-11-5-1-3-7-15(11)18(19)20)13-10-21-16-8-4-2-6-12(13)16/h1-8,10,14H,9H2. The average Bonchev–Trinajstić information content (AvgIpc) is 2.91. The first-order chi connectivity index (χ1) is 10.2. The summed E-state index contributed by atoms with van der Waals surface area (Å²) in [5.41, 5.74) is 2.12. The van der Waals surface area contributed by atoms with Gasteiger partial charge in [-0.1, -0.05) is 52.3 Å². The van der Waals surface area contributed by atoms with Gasteiger partial charge in [0.05, 0.1) is 4.92 Å². The lowest BCUT2D eigenvalue weighted by Gasteiger charge is -2.09. The second kappa shape index (κ2) is 5.95. The monoisotopic (exact) mass is 361 g/mol. The van der Waals surface area contributed by atoms with E-state index in [-0.39, 0.29) is 15.4 Å². The van der Waals surface area contributed by atoms with Crippen molar-refractivity contribution in [1.29, 1.82) is 0 Å². The Morgan fingerprint density at radius 2 is 1.86 bits per heavy atom. The summed E-state index contributed by atoms with van der Waals surface area (Å²) in [6, 6.07) is 15.1. The zero-order valence-corrected chi connectivity index (χ0v) is 13.4. The van der Waals surface area contributed by atoms with Crippen LogP contribution >= 0.6 is 27.3 Å². The largest absolute Gasteiger partial charge is 0.272 e. The summed E-state index contributed by atoms with van der Waals surface area (Å²) in [7, 11) is 0. The molecule has 3 rings (SSSR count). The first-order valence-corrected chi connectivity index (χ1v) is 8.29. The van der Waals surface area contributed by atoms with Crippen molar-refractivity contribution in [3.8, 4) is 0 Å². The minimum atomic E-state index is -0.319. The van der Waals surface area contributed by atoms with Crippen molar-refractivity contribution < 1.29 is 4.92 Å². The maximum absolute atomic E-state index is 11.1. The molecule has 106 valence electrons. The maximum Gasteiger partial charge on any atom is 0.272 e. The lowest BCUT2D eigenvalue weighted by Crippen LogP contribution is -1.99. The third kappa shape index (κ3) is 2.84. The minimum Gasteiger partial charge on any atom is -0.258 e. The molecular weight excluding hydrogens is 350 g/mol. The van der Waals surface area contributed by atoms with Gasteiger partial charge in [-0.15, -0.1) is 11.3 Å². The predicted octanol–water partition coefficient (Wildman–Crippen LogP) is 5.49. The van der Waals surface area contributed by atoms with Gasteiger partial charge in [-0.05, 0) is 28.8 Å². The highest BCUT2D eigenvalue weighted by Crippen LogP contribution is 2.37.